The van der Waals surface area contributed by atoms with E-state index >= 15 is 0 Å². The standard InChI is InChI=1S/C25H25ClFN5O2/c1-12(8-14-4-5-16-18(9-14)31-23(28)20(26)21(16)27)17-10-19(22(33)25(17,3)34)32-7-6-15-13(2)29-11-30-24(15)32/h4-7,9-12,19,22,33-34H,8H2,1-3H3,(H2,28,31)/t12?,19-,22+,25-/m1/s1. The van der Waals surface area contributed by atoms with Gasteiger partial charge in [-0.2, -0.15) is 0 Å². The number of fused-ring (bicyclic) bond motifs is 2. The van der Waals surface area contributed by atoms with Crippen LogP contribution in [0, 0.1) is 18.7 Å². The zero-order valence-electron chi connectivity index (χ0n) is 19.0. The summed E-state index contributed by atoms with van der Waals surface area (Å²) < 4.78 is 16.3. The molecule has 176 valence electrons. The number of rotatable bonds is 4. The second kappa shape index (κ2) is 8.01. The Labute approximate surface area is 200 Å². The molecule has 0 spiro atoms. The van der Waals surface area contributed by atoms with E-state index in [2.05, 4.69) is 15.0 Å². The van der Waals surface area contributed by atoms with Crippen molar-refractivity contribution in [1.29, 1.82) is 0 Å². The lowest BCUT2D eigenvalue weighted by atomic mass is 9.84. The van der Waals surface area contributed by atoms with E-state index in [1.54, 1.807) is 19.1 Å². The average Bonchev–Trinajstić information content (AvgIpc) is 3.32. The van der Waals surface area contributed by atoms with Gasteiger partial charge in [0.25, 0.3) is 0 Å². The molecule has 1 aromatic carbocycles. The van der Waals surface area contributed by atoms with E-state index in [1.165, 1.54) is 6.33 Å². The van der Waals surface area contributed by atoms with Gasteiger partial charge >= 0.3 is 0 Å². The van der Waals surface area contributed by atoms with Crippen LogP contribution in [0.15, 0.2) is 48.4 Å². The van der Waals surface area contributed by atoms with E-state index in [4.69, 9.17) is 17.3 Å². The van der Waals surface area contributed by atoms with Crippen molar-refractivity contribution in [3.63, 3.8) is 0 Å². The van der Waals surface area contributed by atoms with Crippen molar-refractivity contribution >= 4 is 39.4 Å². The molecule has 3 aromatic heterocycles. The summed E-state index contributed by atoms with van der Waals surface area (Å²) in [5.41, 5.74) is 7.91. The number of anilines is 1. The van der Waals surface area contributed by atoms with Gasteiger partial charge in [0.2, 0.25) is 0 Å². The number of pyridine rings is 1. The van der Waals surface area contributed by atoms with Crippen molar-refractivity contribution in [2.75, 3.05) is 5.73 Å². The molecule has 0 aliphatic heterocycles. The number of aliphatic hydroxyl groups excluding tert-OH is 1. The van der Waals surface area contributed by atoms with Crippen LogP contribution in [0.1, 0.15) is 31.1 Å². The lowest BCUT2D eigenvalue weighted by Gasteiger charge is -2.31. The average molecular weight is 482 g/mol. The summed E-state index contributed by atoms with van der Waals surface area (Å²) >= 11 is 5.88. The maximum Gasteiger partial charge on any atom is 0.154 e. The molecule has 0 radical (unpaired) electrons. The van der Waals surface area contributed by atoms with Crippen molar-refractivity contribution in [1.82, 2.24) is 19.5 Å². The predicted octanol–water partition coefficient (Wildman–Crippen LogP) is 4.13. The minimum absolute atomic E-state index is 0.0535. The van der Waals surface area contributed by atoms with Crippen LogP contribution in [0.2, 0.25) is 5.02 Å². The Balaban J connectivity index is 1.48. The Kier molecular flexibility index (Phi) is 5.35. The molecule has 0 saturated heterocycles. The van der Waals surface area contributed by atoms with Crippen molar-refractivity contribution in [3.8, 4) is 0 Å². The highest BCUT2D eigenvalue weighted by Crippen LogP contribution is 2.43. The first kappa shape index (κ1) is 22.7. The highest BCUT2D eigenvalue weighted by atomic mass is 35.5. The zero-order chi connectivity index (χ0) is 24.4. The van der Waals surface area contributed by atoms with Gasteiger partial charge in [0.1, 0.15) is 34.5 Å². The molecular formula is C25H25ClFN5O2. The fourth-order valence-corrected chi connectivity index (χ4v) is 5.18. The number of aryl methyl sites for hydroxylation is 1. The van der Waals surface area contributed by atoms with Crippen molar-refractivity contribution in [2.45, 2.75) is 44.9 Å². The van der Waals surface area contributed by atoms with Gasteiger partial charge in [-0.1, -0.05) is 30.7 Å². The lowest BCUT2D eigenvalue weighted by Crippen LogP contribution is -2.42. The number of nitrogen functional groups attached to an aromatic ring is 1. The molecule has 0 amide bonds. The largest absolute Gasteiger partial charge is 0.387 e. The fourth-order valence-electron chi connectivity index (χ4n) is 5.04. The number of aliphatic hydroxyl groups is 2. The third-order valence-electron chi connectivity index (χ3n) is 6.89. The summed E-state index contributed by atoms with van der Waals surface area (Å²) in [6, 6.07) is 6.67. The van der Waals surface area contributed by atoms with Crippen LogP contribution in [0.25, 0.3) is 21.9 Å². The molecule has 4 N–H and O–H groups in total. The Morgan fingerprint density at radius 1 is 1.26 bits per heavy atom. The second-order valence-corrected chi connectivity index (χ2v) is 9.58. The topological polar surface area (TPSA) is 110 Å². The highest BCUT2D eigenvalue weighted by molar-refractivity contribution is 6.33. The number of aromatic nitrogens is 4. The Morgan fingerprint density at radius 2 is 2.03 bits per heavy atom. The summed E-state index contributed by atoms with van der Waals surface area (Å²) in [4.78, 5) is 12.8. The van der Waals surface area contributed by atoms with E-state index in [0.29, 0.717) is 23.0 Å². The normalized spacial score (nSPS) is 23.6. The third-order valence-corrected chi connectivity index (χ3v) is 7.25. The van der Waals surface area contributed by atoms with Gasteiger partial charge in [0, 0.05) is 17.0 Å². The molecule has 0 saturated carbocycles. The van der Waals surface area contributed by atoms with Crippen molar-refractivity contribution in [2.24, 2.45) is 5.92 Å². The molecule has 9 heteroatoms. The van der Waals surface area contributed by atoms with E-state index in [1.807, 2.05) is 42.8 Å². The minimum Gasteiger partial charge on any atom is -0.387 e. The van der Waals surface area contributed by atoms with Crippen LogP contribution in [-0.2, 0) is 6.42 Å². The van der Waals surface area contributed by atoms with Gasteiger partial charge in [-0.3, -0.25) is 0 Å². The molecule has 0 bridgehead atoms. The maximum atomic E-state index is 14.4. The van der Waals surface area contributed by atoms with E-state index in [-0.39, 0.29) is 16.8 Å². The molecule has 4 atom stereocenters. The van der Waals surface area contributed by atoms with Gasteiger partial charge < -0.3 is 20.5 Å². The summed E-state index contributed by atoms with van der Waals surface area (Å²) in [5.74, 6) is -0.754. The number of hydrogen-bond donors (Lipinski definition) is 3. The predicted molar refractivity (Wildman–Crippen MR) is 130 cm³/mol. The number of nitrogens with zero attached hydrogens (tertiary/aromatic N) is 4. The number of nitrogens with two attached hydrogens (primary N) is 1. The molecule has 4 aromatic rings. The molecule has 7 nitrogen and oxygen atoms in total. The van der Waals surface area contributed by atoms with E-state index in [9.17, 15) is 14.6 Å². The Morgan fingerprint density at radius 3 is 2.79 bits per heavy atom. The molecule has 1 aliphatic rings. The second-order valence-electron chi connectivity index (χ2n) is 9.21. The summed E-state index contributed by atoms with van der Waals surface area (Å²) in [5, 5.41) is 23.4. The SMILES string of the molecule is Cc1ncnc2c1ccn2[C@@H]1C=C(C(C)Cc2ccc3c(F)c(Cl)c(N)nc3c2)[C@@](C)(O)[C@H]1O. The number of benzene rings is 1. The molecule has 34 heavy (non-hydrogen) atoms. The van der Waals surface area contributed by atoms with Crippen LogP contribution in [0.4, 0.5) is 10.2 Å². The van der Waals surface area contributed by atoms with Crippen molar-refractivity contribution < 1.29 is 14.6 Å². The highest BCUT2D eigenvalue weighted by Gasteiger charge is 2.47. The molecule has 1 aliphatic carbocycles. The quantitative estimate of drug-likeness (QED) is 0.378. The van der Waals surface area contributed by atoms with Crippen LogP contribution in [0.5, 0.6) is 0 Å². The van der Waals surface area contributed by atoms with Crippen LogP contribution in [0.3, 0.4) is 0 Å². The zero-order valence-corrected chi connectivity index (χ0v) is 19.8. The van der Waals surface area contributed by atoms with E-state index in [0.717, 1.165) is 22.2 Å². The first-order valence-corrected chi connectivity index (χ1v) is 11.4. The van der Waals surface area contributed by atoms with Gasteiger partial charge in [0.05, 0.1) is 17.3 Å². The lowest BCUT2D eigenvalue weighted by molar-refractivity contribution is -0.0421. The van der Waals surface area contributed by atoms with Crippen LogP contribution < -0.4 is 5.73 Å². The van der Waals surface area contributed by atoms with Gasteiger partial charge in [-0.25, -0.2) is 19.3 Å². The van der Waals surface area contributed by atoms with Crippen LogP contribution >= 0.6 is 11.6 Å². The Hall–Kier alpha value is -3.07. The number of halogens is 2. The molecule has 5 rings (SSSR count). The summed E-state index contributed by atoms with van der Waals surface area (Å²) in [6.45, 7) is 5.53. The van der Waals surface area contributed by atoms with E-state index < -0.39 is 23.6 Å². The number of hydrogen-bond acceptors (Lipinski definition) is 6. The smallest absolute Gasteiger partial charge is 0.154 e. The minimum atomic E-state index is -1.43. The van der Waals surface area contributed by atoms with Gasteiger partial charge in [-0.05, 0) is 55.5 Å². The van der Waals surface area contributed by atoms with Crippen molar-refractivity contribution in [3.05, 3.63) is 70.5 Å². The van der Waals surface area contributed by atoms with Gasteiger partial charge in [-0.15, -0.1) is 0 Å². The molecule has 0 fully saturated rings. The summed E-state index contributed by atoms with van der Waals surface area (Å²) in [7, 11) is 0. The maximum absolute atomic E-state index is 14.4. The van der Waals surface area contributed by atoms with Crippen LogP contribution in [-0.4, -0.2) is 41.4 Å². The van der Waals surface area contributed by atoms with Gasteiger partial charge in [0.15, 0.2) is 5.82 Å². The molecule has 1 unspecified atom stereocenters. The Bertz CT molecular complexity index is 1460. The first-order valence-electron chi connectivity index (χ1n) is 11.0. The summed E-state index contributed by atoms with van der Waals surface area (Å²) in [6.07, 6.45) is 4.78. The third kappa shape index (κ3) is 3.45. The molecular weight excluding hydrogens is 457 g/mol. The monoisotopic (exact) mass is 481 g/mol. The first-order chi connectivity index (χ1) is 16.1. The molecule has 3 heterocycles. The fraction of sp³-hybridized carbons (Fsp3) is 0.320.